The molecule has 0 N–H and O–H groups in total. The van der Waals surface area contributed by atoms with Gasteiger partial charge in [-0.25, -0.2) is 4.98 Å². The monoisotopic (exact) mass is 362 g/mol. The van der Waals surface area contributed by atoms with Crippen LogP contribution in [0.2, 0.25) is 0 Å². The van der Waals surface area contributed by atoms with Crippen molar-refractivity contribution in [3.8, 4) is 5.69 Å². The van der Waals surface area contributed by atoms with Gasteiger partial charge < -0.3 is 0 Å². The molecule has 1 heterocycles. The van der Waals surface area contributed by atoms with E-state index in [0.29, 0.717) is 0 Å². The first-order valence-corrected chi connectivity index (χ1v) is 8.10. The summed E-state index contributed by atoms with van der Waals surface area (Å²) in [5.41, 5.74) is 5.53. The van der Waals surface area contributed by atoms with E-state index in [2.05, 4.69) is 70.7 Å². The van der Waals surface area contributed by atoms with Crippen molar-refractivity contribution in [2.45, 2.75) is 26.1 Å². The summed E-state index contributed by atoms with van der Waals surface area (Å²) in [6, 6.07) is 12.6. The quantitative estimate of drug-likeness (QED) is 0.534. The van der Waals surface area contributed by atoms with Gasteiger partial charge in [-0.15, -0.1) is 11.6 Å². The maximum absolute atomic E-state index is 6.36. The number of benzene rings is 2. The Hall–Kier alpha value is -1.32. The second kappa shape index (κ2) is 5.47. The highest BCUT2D eigenvalue weighted by Gasteiger charge is 2.18. The molecular formula is C17H16BrClN2. The molecule has 0 radical (unpaired) electrons. The predicted octanol–water partition coefficient (Wildman–Crippen LogP) is 5.70. The first kappa shape index (κ1) is 14.6. The zero-order chi connectivity index (χ0) is 15.1. The number of nitrogens with zero attached hydrogens (tertiary/aromatic N) is 2. The summed E-state index contributed by atoms with van der Waals surface area (Å²) in [7, 11) is 0. The molecule has 4 heteroatoms. The van der Waals surface area contributed by atoms with Gasteiger partial charge in [-0.05, 0) is 72.1 Å². The van der Waals surface area contributed by atoms with Gasteiger partial charge in [0.15, 0.2) is 0 Å². The zero-order valence-corrected chi connectivity index (χ0v) is 14.5. The number of aryl methyl sites for hydroxylation is 2. The summed E-state index contributed by atoms with van der Waals surface area (Å²) in [5, 5.41) is -0.162. The van der Waals surface area contributed by atoms with Gasteiger partial charge in [0.25, 0.3) is 0 Å². The molecule has 3 aromatic rings. The molecular weight excluding hydrogens is 348 g/mol. The fourth-order valence-corrected chi connectivity index (χ4v) is 3.09. The van der Waals surface area contributed by atoms with Crippen LogP contribution in [0.3, 0.4) is 0 Å². The van der Waals surface area contributed by atoms with Crippen molar-refractivity contribution in [2.24, 2.45) is 0 Å². The van der Waals surface area contributed by atoms with Gasteiger partial charge in [-0.1, -0.05) is 12.1 Å². The molecule has 2 nitrogen and oxygen atoms in total. The van der Waals surface area contributed by atoms with Crippen molar-refractivity contribution in [2.75, 3.05) is 0 Å². The summed E-state index contributed by atoms with van der Waals surface area (Å²) >= 11 is 10.0. The average Bonchev–Trinajstić information content (AvgIpc) is 2.80. The summed E-state index contributed by atoms with van der Waals surface area (Å²) in [6.07, 6.45) is 0. The molecule has 0 aliphatic heterocycles. The van der Waals surface area contributed by atoms with E-state index in [0.717, 1.165) is 27.0 Å². The number of imidazole rings is 1. The molecule has 0 bridgehead atoms. The van der Waals surface area contributed by atoms with E-state index < -0.39 is 0 Å². The van der Waals surface area contributed by atoms with Crippen LogP contribution >= 0.6 is 27.5 Å². The molecule has 0 spiro atoms. The van der Waals surface area contributed by atoms with Gasteiger partial charge in [0, 0.05) is 4.47 Å². The number of hydrogen-bond acceptors (Lipinski definition) is 1. The average molecular weight is 364 g/mol. The van der Waals surface area contributed by atoms with Gasteiger partial charge in [0.05, 0.1) is 22.1 Å². The second-order valence-corrected chi connectivity index (χ2v) is 6.88. The Morgan fingerprint density at radius 3 is 2.48 bits per heavy atom. The topological polar surface area (TPSA) is 17.8 Å². The lowest BCUT2D eigenvalue weighted by Gasteiger charge is -2.13. The fraction of sp³-hybridized carbons (Fsp3) is 0.235. The van der Waals surface area contributed by atoms with Gasteiger partial charge in [-0.3, -0.25) is 4.57 Å². The number of aromatic nitrogens is 2. The molecule has 0 fully saturated rings. The van der Waals surface area contributed by atoms with E-state index in [1.54, 1.807) is 0 Å². The van der Waals surface area contributed by atoms with Crippen LogP contribution < -0.4 is 0 Å². The molecule has 1 unspecified atom stereocenters. The summed E-state index contributed by atoms with van der Waals surface area (Å²) in [5.74, 6) is 0.864. The predicted molar refractivity (Wildman–Crippen MR) is 92.5 cm³/mol. The molecule has 1 aromatic heterocycles. The Morgan fingerprint density at radius 2 is 1.76 bits per heavy atom. The Kier molecular flexibility index (Phi) is 3.80. The third-order valence-corrected chi connectivity index (χ3v) is 4.40. The zero-order valence-electron chi connectivity index (χ0n) is 12.2. The van der Waals surface area contributed by atoms with Crippen LogP contribution in [-0.4, -0.2) is 9.55 Å². The molecule has 0 aliphatic carbocycles. The lowest BCUT2D eigenvalue weighted by Crippen LogP contribution is -2.03. The minimum atomic E-state index is -0.162. The molecule has 0 saturated heterocycles. The molecule has 21 heavy (non-hydrogen) atoms. The van der Waals surface area contributed by atoms with Crippen molar-refractivity contribution >= 4 is 38.6 Å². The van der Waals surface area contributed by atoms with Crippen LogP contribution in [0, 0.1) is 13.8 Å². The van der Waals surface area contributed by atoms with Crippen LogP contribution in [0.5, 0.6) is 0 Å². The number of hydrogen-bond donors (Lipinski definition) is 0. The van der Waals surface area contributed by atoms with Crippen LogP contribution in [0.4, 0.5) is 0 Å². The summed E-state index contributed by atoms with van der Waals surface area (Å²) in [4.78, 5) is 4.73. The first-order valence-electron chi connectivity index (χ1n) is 6.87. The highest BCUT2D eigenvalue weighted by atomic mass is 79.9. The van der Waals surface area contributed by atoms with E-state index in [1.165, 1.54) is 11.1 Å². The van der Waals surface area contributed by atoms with Crippen LogP contribution in [0.25, 0.3) is 16.7 Å². The molecule has 0 aliphatic rings. The second-order valence-electron chi connectivity index (χ2n) is 5.37. The summed E-state index contributed by atoms with van der Waals surface area (Å²) < 4.78 is 3.18. The Labute approximate surface area is 137 Å². The maximum Gasteiger partial charge on any atom is 0.132 e. The smallest absolute Gasteiger partial charge is 0.132 e. The number of rotatable bonds is 2. The largest absolute Gasteiger partial charge is 0.294 e. The van der Waals surface area contributed by atoms with E-state index in [-0.39, 0.29) is 5.38 Å². The SMILES string of the molecule is Cc1ccc(Br)c(-n2c(C(C)Cl)nc3cc(C)ccc32)c1. The van der Waals surface area contributed by atoms with E-state index >= 15 is 0 Å². The van der Waals surface area contributed by atoms with Crippen molar-refractivity contribution in [3.63, 3.8) is 0 Å². The van der Waals surface area contributed by atoms with Gasteiger partial charge >= 0.3 is 0 Å². The van der Waals surface area contributed by atoms with Crippen LogP contribution in [-0.2, 0) is 0 Å². The van der Waals surface area contributed by atoms with E-state index in [1.807, 2.05) is 6.92 Å². The Balaban J connectivity index is 2.39. The van der Waals surface area contributed by atoms with Crippen molar-refractivity contribution in [3.05, 3.63) is 57.8 Å². The number of alkyl halides is 1. The standard InChI is InChI=1S/C17H16BrClN2/c1-10-5-7-15-14(8-10)20-17(12(3)19)21(15)16-9-11(2)4-6-13(16)18/h4-9,12H,1-3H3. The third kappa shape index (κ3) is 2.60. The van der Waals surface area contributed by atoms with Crippen LogP contribution in [0.1, 0.15) is 29.3 Å². The molecule has 1 atom stereocenters. The van der Waals surface area contributed by atoms with E-state index in [4.69, 9.17) is 16.6 Å². The molecule has 2 aromatic carbocycles. The van der Waals surface area contributed by atoms with E-state index in [9.17, 15) is 0 Å². The highest BCUT2D eigenvalue weighted by molar-refractivity contribution is 9.10. The van der Waals surface area contributed by atoms with Gasteiger partial charge in [-0.2, -0.15) is 0 Å². The molecule has 0 amide bonds. The molecule has 3 rings (SSSR count). The van der Waals surface area contributed by atoms with Crippen molar-refractivity contribution < 1.29 is 0 Å². The normalized spacial score (nSPS) is 12.8. The highest BCUT2D eigenvalue weighted by Crippen LogP contribution is 2.32. The fourth-order valence-electron chi connectivity index (χ4n) is 2.52. The Bertz CT molecular complexity index is 821. The number of fused-ring (bicyclic) bond motifs is 1. The minimum Gasteiger partial charge on any atom is -0.294 e. The Morgan fingerprint density at radius 1 is 1.10 bits per heavy atom. The molecule has 0 saturated carbocycles. The first-order chi connectivity index (χ1) is 9.97. The van der Waals surface area contributed by atoms with Crippen LogP contribution in [0.15, 0.2) is 40.9 Å². The summed E-state index contributed by atoms with van der Waals surface area (Å²) in [6.45, 7) is 6.11. The maximum atomic E-state index is 6.36. The van der Waals surface area contributed by atoms with Crippen molar-refractivity contribution in [1.82, 2.24) is 9.55 Å². The third-order valence-electron chi connectivity index (χ3n) is 3.53. The number of halogens is 2. The lowest BCUT2D eigenvalue weighted by molar-refractivity contribution is 0.879. The lowest BCUT2D eigenvalue weighted by atomic mass is 10.2. The van der Waals surface area contributed by atoms with Gasteiger partial charge in [0.2, 0.25) is 0 Å². The van der Waals surface area contributed by atoms with Crippen molar-refractivity contribution in [1.29, 1.82) is 0 Å². The van der Waals surface area contributed by atoms with Gasteiger partial charge in [0.1, 0.15) is 5.82 Å². The minimum absolute atomic E-state index is 0.162. The molecule has 108 valence electrons.